The van der Waals surface area contributed by atoms with Crippen molar-refractivity contribution in [2.75, 3.05) is 6.61 Å². The first-order valence-electron chi connectivity index (χ1n) is 3.89. The van der Waals surface area contributed by atoms with E-state index in [0.717, 1.165) is 12.1 Å². The summed E-state index contributed by atoms with van der Waals surface area (Å²) in [5.41, 5.74) is -0.737. The second kappa shape index (κ2) is 4.52. The molecule has 0 aromatic heterocycles. The van der Waals surface area contributed by atoms with Crippen molar-refractivity contribution in [3.05, 3.63) is 29.6 Å². The molecule has 15 heavy (non-hydrogen) atoms. The minimum atomic E-state index is -1.55. The van der Waals surface area contributed by atoms with Gasteiger partial charge in [-0.1, -0.05) is 6.07 Å². The molecule has 1 rings (SSSR count). The molecule has 6 heteroatoms. The number of aliphatic hydroxyl groups is 1. The topological polar surface area (TPSA) is 83.8 Å². The summed E-state index contributed by atoms with van der Waals surface area (Å²) in [4.78, 5) is 21.3. The number of ether oxygens (including phenoxy) is 1. The van der Waals surface area contributed by atoms with Crippen LogP contribution in [0.5, 0.6) is 5.75 Å². The van der Waals surface area contributed by atoms with E-state index >= 15 is 0 Å². The van der Waals surface area contributed by atoms with E-state index in [-0.39, 0.29) is 0 Å². The number of hydrogen-bond acceptors (Lipinski definition) is 4. The van der Waals surface area contributed by atoms with Gasteiger partial charge in [-0.2, -0.15) is 0 Å². The van der Waals surface area contributed by atoms with Gasteiger partial charge in [0.1, 0.15) is 23.7 Å². The molecule has 0 unspecified atom stereocenters. The second-order valence-corrected chi connectivity index (χ2v) is 2.55. The van der Waals surface area contributed by atoms with Crippen LogP contribution in [-0.4, -0.2) is 28.8 Å². The van der Waals surface area contributed by atoms with E-state index in [4.69, 9.17) is 10.2 Å². The molecule has 0 amide bonds. The van der Waals surface area contributed by atoms with Crippen molar-refractivity contribution < 1.29 is 28.9 Å². The highest BCUT2D eigenvalue weighted by molar-refractivity contribution is 5.92. The Hall–Kier alpha value is -1.95. The average molecular weight is 214 g/mol. The van der Waals surface area contributed by atoms with E-state index in [9.17, 15) is 14.0 Å². The highest BCUT2D eigenvalue weighted by Gasteiger charge is 2.18. The SMILES string of the molecule is O=C(CO)Oc1cccc(F)c1C(=O)O. The van der Waals surface area contributed by atoms with Crippen molar-refractivity contribution in [1.29, 1.82) is 0 Å². The average Bonchev–Trinajstić information content (AvgIpc) is 2.17. The summed E-state index contributed by atoms with van der Waals surface area (Å²) in [5.74, 6) is -4.04. The predicted molar refractivity (Wildman–Crippen MR) is 46.1 cm³/mol. The summed E-state index contributed by atoms with van der Waals surface area (Å²) in [6.07, 6.45) is 0. The van der Waals surface area contributed by atoms with Crippen molar-refractivity contribution >= 4 is 11.9 Å². The maximum absolute atomic E-state index is 13.0. The number of carbonyl (C=O) groups excluding carboxylic acids is 1. The number of carboxylic acids is 1. The van der Waals surface area contributed by atoms with Crippen LogP contribution in [0.3, 0.4) is 0 Å². The molecule has 0 atom stereocenters. The number of carbonyl (C=O) groups is 2. The Morgan fingerprint density at radius 3 is 2.60 bits per heavy atom. The summed E-state index contributed by atoms with van der Waals surface area (Å²) in [5, 5.41) is 17.0. The van der Waals surface area contributed by atoms with Gasteiger partial charge in [0.25, 0.3) is 0 Å². The quantitative estimate of drug-likeness (QED) is 0.562. The van der Waals surface area contributed by atoms with Gasteiger partial charge in [-0.25, -0.2) is 14.0 Å². The number of aliphatic hydroxyl groups excluding tert-OH is 1. The van der Waals surface area contributed by atoms with Crippen molar-refractivity contribution in [3.63, 3.8) is 0 Å². The first-order chi connectivity index (χ1) is 7.06. The Morgan fingerprint density at radius 1 is 1.40 bits per heavy atom. The summed E-state index contributed by atoms with van der Waals surface area (Å²) in [6.45, 7) is -0.907. The van der Waals surface area contributed by atoms with Gasteiger partial charge in [-0.15, -0.1) is 0 Å². The molecule has 0 bridgehead atoms. The van der Waals surface area contributed by atoms with Crippen LogP contribution in [0, 0.1) is 5.82 Å². The Balaban J connectivity index is 3.11. The molecule has 0 saturated heterocycles. The van der Waals surface area contributed by atoms with Gasteiger partial charge in [0, 0.05) is 0 Å². The van der Waals surface area contributed by atoms with Gasteiger partial charge in [-0.05, 0) is 12.1 Å². The number of benzene rings is 1. The fourth-order valence-electron chi connectivity index (χ4n) is 0.952. The van der Waals surface area contributed by atoms with Crippen molar-refractivity contribution in [2.45, 2.75) is 0 Å². The normalized spacial score (nSPS) is 9.73. The Bertz CT molecular complexity index is 401. The molecule has 0 aliphatic heterocycles. The van der Waals surface area contributed by atoms with Crippen LogP contribution in [0.4, 0.5) is 4.39 Å². The van der Waals surface area contributed by atoms with E-state index in [1.165, 1.54) is 6.07 Å². The highest BCUT2D eigenvalue weighted by atomic mass is 19.1. The van der Waals surface area contributed by atoms with Crippen molar-refractivity contribution in [2.24, 2.45) is 0 Å². The van der Waals surface area contributed by atoms with E-state index in [1.54, 1.807) is 0 Å². The van der Waals surface area contributed by atoms with Crippen molar-refractivity contribution in [3.8, 4) is 5.75 Å². The van der Waals surface area contributed by atoms with Gasteiger partial charge < -0.3 is 14.9 Å². The van der Waals surface area contributed by atoms with Crippen LogP contribution in [0.25, 0.3) is 0 Å². The molecule has 0 radical (unpaired) electrons. The van der Waals surface area contributed by atoms with Crippen molar-refractivity contribution in [1.82, 2.24) is 0 Å². The molecule has 5 nitrogen and oxygen atoms in total. The minimum absolute atomic E-state index is 0.429. The Labute approximate surface area is 83.7 Å². The van der Waals surface area contributed by atoms with Crippen LogP contribution in [0.2, 0.25) is 0 Å². The summed E-state index contributed by atoms with van der Waals surface area (Å²) in [7, 11) is 0. The molecular weight excluding hydrogens is 207 g/mol. The molecule has 2 N–H and O–H groups in total. The zero-order valence-corrected chi connectivity index (χ0v) is 7.44. The van der Waals surface area contributed by atoms with Gasteiger partial charge in [0.2, 0.25) is 0 Å². The molecule has 1 aromatic rings. The lowest BCUT2D eigenvalue weighted by Crippen LogP contribution is -2.15. The number of halogens is 1. The Morgan fingerprint density at radius 2 is 2.07 bits per heavy atom. The molecule has 0 aliphatic rings. The number of aromatic carboxylic acids is 1. The number of esters is 1. The highest BCUT2D eigenvalue weighted by Crippen LogP contribution is 2.21. The third-order valence-corrected chi connectivity index (χ3v) is 1.54. The third-order valence-electron chi connectivity index (χ3n) is 1.54. The number of rotatable bonds is 3. The van der Waals surface area contributed by atoms with E-state index in [1.807, 2.05) is 0 Å². The number of carboxylic acid groups (broad SMARTS) is 1. The monoisotopic (exact) mass is 214 g/mol. The number of hydrogen-bond donors (Lipinski definition) is 2. The second-order valence-electron chi connectivity index (χ2n) is 2.55. The van der Waals surface area contributed by atoms with Gasteiger partial charge in [-0.3, -0.25) is 0 Å². The zero-order valence-electron chi connectivity index (χ0n) is 7.44. The van der Waals surface area contributed by atoms with E-state index in [2.05, 4.69) is 4.74 Å². The zero-order chi connectivity index (χ0) is 11.4. The lowest BCUT2D eigenvalue weighted by atomic mass is 10.2. The molecule has 80 valence electrons. The van der Waals surface area contributed by atoms with Crippen LogP contribution >= 0.6 is 0 Å². The summed E-state index contributed by atoms with van der Waals surface area (Å²) >= 11 is 0. The first-order valence-corrected chi connectivity index (χ1v) is 3.89. The Kier molecular flexibility index (Phi) is 3.35. The standard InChI is InChI=1S/C9H7FO5/c10-5-2-1-3-6(8(5)9(13)14)15-7(12)4-11/h1-3,11H,4H2,(H,13,14). The first kappa shape index (κ1) is 11.1. The lowest BCUT2D eigenvalue weighted by molar-refractivity contribution is -0.137. The van der Waals surface area contributed by atoms with Crippen LogP contribution in [0.1, 0.15) is 10.4 Å². The lowest BCUT2D eigenvalue weighted by Gasteiger charge is -2.06. The molecular formula is C9H7FO5. The molecule has 1 aromatic carbocycles. The van der Waals surface area contributed by atoms with E-state index in [0.29, 0.717) is 0 Å². The fourth-order valence-corrected chi connectivity index (χ4v) is 0.952. The maximum Gasteiger partial charge on any atom is 0.342 e. The summed E-state index contributed by atoms with van der Waals surface area (Å²) < 4.78 is 17.4. The molecule has 0 saturated carbocycles. The molecule has 0 heterocycles. The van der Waals surface area contributed by atoms with E-state index < -0.39 is 35.7 Å². The molecule has 0 fully saturated rings. The predicted octanol–water partition coefficient (Wildman–Crippen LogP) is 0.422. The molecule has 0 aliphatic carbocycles. The smallest absolute Gasteiger partial charge is 0.342 e. The largest absolute Gasteiger partial charge is 0.477 e. The third kappa shape index (κ3) is 2.50. The van der Waals surface area contributed by atoms with Crippen LogP contribution < -0.4 is 4.74 Å². The van der Waals surface area contributed by atoms with Crippen LogP contribution in [-0.2, 0) is 4.79 Å². The minimum Gasteiger partial charge on any atom is -0.477 e. The molecule has 0 spiro atoms. The van der Waals surface area contributed by atoms with Gasteiger partial charge in [0.05, 0.1) is 0 Å². The van der Waals surface area contributed by atoms with Gasteiger partial charge in [0.15, 0.2) is 0 Å². The summed E-state index contributed by atoms with van der Waals surface area (Å²) in [6, 6.07) is 3.25. The fraction of sp³-hybridized carbons (Fsp3) is 0.111. The van der Waals surface area contributed by atoms with Crippen LogP contribution in [0.15, 0.2) is 18.2 Å². The van der Waals surface area contributed by atoms with Gasteiger partial charge >= 0.3 is 11.9 Å². The maximum atomic E-state index is 13.0.